The zero-order chi connectivity index (χ0) is 15.5. The minimum Gasteiger partial charge on any atom is -0.332 e. The van der Waals surface area contributed by atoms with E-state index in [1.54, 1.807) is 13.0 Å². The molecule has 3 nitrogen and oxygen atoms in total. The number of nitrogens with zero attached hydrogens (tertiary/aromatic N) is 1. The molecule has 116 valence electrons. The van der Waals surface area contributed by atoms with Crippen molar-refractivity contribution >= 4 is 5.91 Å². The maximum Gasteiger partial charge on any atom is 0.406 e. The van der Waals surface area contributed by atoms with Gasteiger partial charge in [0.1, 0.15) is 12.6 Å². The Hall–Kier alpha value is -1.56. The second-order valence-electron chi connectivity index (χ2n) is 5.21. The topological polar surface area (TPSA) is 32.3 Å². The van der Waals surface area contributed by atoms with E-state index in [2.05, 4.69) is 5.32 Å². The van der Waals surface area contributed by atoms with Crippen molar-refractivity contribution in [1.82, 2.24) is 10.2 Å². The summed E-state index contributed by atoms with van der Waals surface area (Å²) >= 11 is 0. The molecule has 0 spiro atoms. The summed E-state index contributed by atoms with van der Waals surface area (Å²) < 4.78 is 37.9. The Morgan fingerprint density at radius 1 is 1.38 bits per heavy atom. The summed E-state index contributed by atoms with van der Waals surface area (Å²) in [5.41, 5.74) is 1.81. The van der Waals surface area contributed by atoms with Gasteiger partial charge < -0.3 is 10.2 Å². The van der Waals surface area contributed by atoms with Crippen LogP contribution in [0.2, 0.25) is 0 Å². The fraction of sp³-hybridized carbons (Fsp3) is 0.533. The molecule has 0 aromatic heterocycles. The lowest BCUT2D eigenvalue weighted by atomic mass is 9.93. The third-order valence-corrected chi connectivity index (χ3v) is 3.53. The van der Waals surface area contributed by atoms with Crippen molar-refractivity contribution in [3.63, 3.8) is 0 Å². The molecule has 1 N–H and O–H groups in total. The molecule has 1 amide bonds. The van der Waals surface area contributed by atoms with E-state index in [0.717, 1.165) is 22.4 Å². The number of halogens is 3. The van der Waals surface area contributed by atoms with Crippen LogP contribution in [0.1, 0.15) is 30.5 Å². The van der Waals surface area contributed by atoms with Gasteiger partial charge in [0.05, 0.1) is 0 Å². The van der Waals surface area contributed by atoms with Gasteiger partial charge in [0.25, 0.3) is 0 Å². The van der Waals surface area contributed by atoms with E-state index in [0.29, 0.717) is 13.0 Å². The van der Waals surface area contributed by atoms with Gasteiger partial charge in [0.2, 0.25) is 5.91 Å². The van der Waals surface area contributed by atoms with E-state index < -0.39 is 24.7 Å². The number of hydrogen-bond donors (Lipinski definition) is 1. The number of amides is 1. The zero-order valence-corrected chi connectivity index (χ0v) is 11.9. The highest BCUT2D eigenvalue weighted by molar-refractivity contribution is 5.84. The molecule has 0 aliphatic carbocycles. The highest BCUT2D eigenvalue weighted by Gasteiger charge is 2.36. The average molecular weight is 300 g/mol. The molecule has 1 aliphatic heterocycles. The Kier molecular flexibility index (Phi) is 4.88. The summed E-state index contributed by atoms with van der Waals surface area (Å²) in [5, 5.41) is 3.04. The number of alkyl halides is 3. The normalized spacial score (nSPS) is 18.2. The number of fused-ring (bicyclic) bond motifs is 1. The van der Waals surface area contributed by atoms with Crippen molar-refractivity contribution in [2.24, 2.45) is 0 Å². The third kappa shape index (κ3) is 3.97. The number of rotatable bonds is 4. The van der Waals surface area contributed by atoms with Crippen LogP contribution in [-0.2, 0) is 11.2 Å². The molecule has 21 heavy (non-hydrogen) atoms. The van der Waals surface area contributed by atoms with Crippen molar-refractivity contribution in [3.05, 3.63) is 35.4 Å². The van der Waals surface area contributed by atoms with Crippen LogP contribution in [0.4, 0.5) is 13.2 Å². The maximum absolute atomic E-state index is 12.6. The SMILES string of the molecule is CCCN(CC(F)(F)F)C(=O)C1NCCc2ccccc21. The summed E-state index contributed by atoms with van der Waals surface area (Å²) in [6.07, 6.45) is -3.10. The molecule has 1 aliphatic rings. The van der Waals surface area contributed by atoms with Crippen LogP contribution >= 0.6 is 0 Å². The fourth-order valence-electron chi connectivity index (χ4n) is 2.66. The predicted octanol–water partition coefficient (Wildman–Crippen LogP) is 2.67. The van der Waals surface area contributed by atoms with Gasteiger partial charge in [-0.15, -0.1) is 0 Å². The minimum absolute atomic E-state index is 0.110. The summed E-state index contributed by atoms with van der Waals surface area (Å²) in [6.45, 7) is 1.27. The molecule has 1 aromatic rings. The first-order valence-electron chi connectivity index (χ1n) is 7.09. The molecule has 1 heterocycles. The molecule has 1 aromatic carbocycles. The minimum atomic E-state index is -4.38. The van der Waals surface area contributed by atoms with Crippen LogP contribution in [0, 0.1) is 0 Å². The first-order chi connectivity index (χ1) is 9.92. The lowest BCUT2D eigenvalue weighted by molar-refractivity contribution is -0.162. The van der Waals surface area contributed by atoms with Crippen molar-refractivity contribution in [2.75, 3.05) is 19.6 Å². The van der Waals surface area contributed by atoms with Crippen LogP contribution in [0.5, 0.6) is 0 Å². The fourth-order valence-corrected chi connectivity index (χ4v) is 2.66. The van der Waals surface area contributed by atoms with Gasteiger partial charge >= 0.3 is 6.18 Å². The molecule has 0 fully saturated rings. The molecule has 2 rings (SSSR count). The summed E-state index contributed by atoms with van der Waals surface area (Å²) in [4.78, 5) is 13.4. The van der Waals surface area contributed by atoms with Gasteiger partial charge in [0, 0.05) is 13.1 Å². The highest BCUT2D eigenvalue weighted by atomic mass is 19.4. The Bertz CT molecular complexity index is 502. The van der Waals surface area contributed by atoms with Gasteiger partial charge in [-0.3, -0.25) is 4.79 Å². The van der Waals surface area contributed by atoms with Crippen LogP contribution in [-0.4, -0.2) is 36.6 Å². The Balaban J connectivity index is 2.21. The van der Waals surface area contributed by atoms with Crippen LogP contribution in [0.15, 0.2) is 24.3 Å². The Morgan fingerprint density at radius 3 is 2.76 bits per heavy atom. The molecule has 0 saturated carbocycles. The summed E-state index contributed by atoms with van der Waals surface area (Å²) in [7, 11) is 0. The van der Waals surface area contributed by atoms with E-state index in [4.69, 9.17) is 0 Å². The lowest BCUT2D eigenvalue weighted by Crippen LogP contribution is -2.47. The molecular weight excluding hydrogens is 281 g/mol. The Morgan fingerprint density at radius 2 is 2.10 bits per heavy atom. The predicted molar refractivity (Wildman–Crippen MR) is 73.8 cm³/mol. The standard InChI is InChI=1S/C15H19F3N2O/c1-2-9-20(10-15(16,17)18)14(21)13-12-6-4-3-5-11(12)7-8-19-13/h3-6,13,19H,2,7-10H2,1H3. The third-order valence-electron chi connectivity index (χ3n) is 3.53. The van der Waals surface area contributed by atoms with E-state index >= 15 is 0 Å². The van der Waals surface area contributed by atoms with Gasteiger partial charge in [-0.25, -0.2) is 0 Å². The quantitative estimate of drug-likeness (QED) is 0.927. The molecule has 0 radical (unpaired) electrons. The Labute approximate surface area is 122 Å². The van der Waals surface area contributed by atoms with Crippen LogP contribution in [0.25, 0.3) is 0 Å². The molecule has 1 unspecified atom stereocenters. The molecule has 0 saturated heterocycles. The first kappa shape index (κ1) is 15.8. The second kappa shape index (κ2) is 6.47. The van der Waals surface area contributed by atoms with Gasteiger partial charge in [-0.2, -0.15) is 13.2 Å². The number of carbonyl (C=O) groups excluding carboxylic acids is 1. The van der Waals surface area contributed by atoms with Crippen molar-refractivity contribution in [3.8, 4) is 0 Å². The molecule has 6 heteroatoms. The highest BCUT2D eigenvalue weighted by Crippen LogP contribution is 2.26. The van der Waals surface area contributed by atoms with E-state index in [1.165, 1.54) is 0 Å². The van der Waals surface area contributed by atoms with Gasteiger partial charge in [-0.1, -0.05) is 31.2 Å². The van der Waals surface area contributed by atoms with E-state index in [9.17, 15) is 18.0 Å². The molecular formula is C15H19F3N2O. The molecule has 0 bridgehead atoms. The first-order valence-corrected chi connectivity index (χ1v) is 7.09. The maximum atomic E-state index is 12.6. The number of hydrogen-bond acceptors (Lipinski definition) is 2. The van der Waals surface area contributed by atoms with Crippen LogP contribution < -0.4 is 5.32 Å². The van der Waals surface area contributed by atoms with Crippen molar-refractivity contribution in [1.29, 1.82) is 0 Å². The summed E-state index contributed by atoms with van der Waals surface area (Å²) in [6, 6.07) is 6.74. The monoisotopic (exact) mass is 300 g/mol. The lowest BCUT2D eigenvalue weighted by Gasteiger charge is -2.32. The van der Waals surface area contributed by atoms with E-state index in [-0.39, 0.29) is 6.54 Å². The van der Waals surface area contributed by atoms with Gasteiger partial charge in [-0.05, 0) is 24.0 Å². The van der Waals surface area contributed by atoms with Gasteiger partial charge in [0.15, 0.2) is 0 Å². The molecule has 1 atom stereocenters. The van der Waals surface area contributed by atoms with Crippen molar-refractivity contribution in [2.45, 2.75) is 32.0 Å². The van der Waals surface area contributed by atoms with Crippen LogP contribution in [0.3, 0.4) is 0 Å². The largest absolute Gasteiger partial charge is 0.406 e. The second-order valence-corrected chi connectivity index (χ2v) is 5.21. The number of benzene rings is 1. The van der Waals surface area contributed by atoms with E-state index in [1.807, 2.05) is 18.2 Å². The summed E-state index contributed by atoms with van der Waals surface area (Å²) in [5.74, 6) is -0.499. The zero-order valence-electron chi connectivity index (χ0n) is 11.9. The number of nitrogens with one attached hydrogen (secondary N) is 1. The smallest absolute Gasteiger partial charge is 0.332 e. The average Bonchev–Trinajstić information content (AvgIpc) is 2.44. The number of carbonyl (C=O) groups is 1. The van der Waals surface area contributed by atoms with Crippen molar-refractivity contribution < 1.29 is 18.0 Å².